The predicted molar refractivity (Wildman–Crippen MR) is 76.2 cm³/mol. The maximum Gasteiger partial charge on any atom is 0.411 e. The number of amides is 1. The number of carbonyl (C=O) groups is 2. The van der Waals surface area contributed by atoms with Crippen molar-refractivity contribution in [2.75, 3.05) is 7.11 Å². The second-order valence-corrected chi connectivity index (χ2v) is 6.23. The molecular formula is C15H21N3O4. The van der Waals surface area contributed by atoms with Crippen LogP contribution in [0, 0.1) is 28.6 Å². The first-order chi connectivity index (χ1) is 10.2. The smallest absolute Gasteiger partial charge is 0.411 e. The molecular weight excluding hydrogens is 286 g/mol. The molecule has 1 saturated heterocycles. The zero-order chi connectivity index (χ0) is 16.9. The first kappa shape index (κ1) is 17.8. The van der Waals surface area contributed by atoms with E-state index in [0.717, 1.165) is 0 Å². The van der Waals surface area contributed by atoms with Gasteiger partial charge in [0.15, 0.2) is 0 Å². The fourth-order valence-corrected chi connectivity index (χ4v) is 2.65. The summed E-state index contributed by atoms with van der Waals surface area (Å²) in [6.07, 6.45) is -0.0703. The van der Waals surface area contributed by atoms with Crippen molar-refractivity contribution in [1.29, 1.82) is 10.5 Å². The van der Waals surface area contributed by atoms with Gasteiger partial charge in [0.2, 0.25) is 0 Å². The third-order valence-corrected chi connectivity index (χ3v) is 3.44. The molecule has 0 radical (unpaired) electrons. The molecule has 0 aromatic heterocycles. The van der Waals surface area contributed by atoms with Gasteiger partial charge in [-0.2, -0.15) is 10.5 Å². The van der Waals surface area contributed by atoms with Gasteiger partial charge in [-0.3, -0.25) is 4.90 Å². The van der Waals surface area contributed by atoms with Gasteiger partial charge in [-0.15, -0.1) is 0 Å². The maximum atomic E-state index is 12.4. The molecule has 22 heavy (non-hydrogen) atoms. The summed E-state index contributed by atoms with van der Waals surface area (Å²) >= 11 is 0. The van der Waals surface area contributed by atoms with Crippen LogP contribution in [0.4, 0.5) is 4.79 Å². The molecule has 0 bridgehead atoms. The SMILES string of the molecule is COC(=O)[C@@H]1[C@@H](CC#N)C[C@@H](CC#N)N1C(=O)OC(C)(C)C. The molecule has 0 unspecified atom stereocenters. The average Bonchev–Trinajstić information content (AvgIpc) is 2.75. The molecule has 120 valence electrons. The van der Waals surface area contributed by atoms with Crippen LogP contribution in [0.25, 0.3) is 0 Å². The lowest BCUT2D eigenvalue weighted by Gasteiger charge is -2.31. The van der Waals surface area contributed by atoms with E-state index in [-0.39, 0.29) is 18.8 Å². The standard InChI is InChI=1S/C15H21N3O4/c1-15(2,3)22-14(20)18-11(6-8-17)9-10(5-7-16)12(18)13(19)21-4/h10-12H,5-6,9H2,1-4H3/t10-,11+,12-/m0/s1. The Morgan fingerprint density at radius 2 is 1.82 bits per heavy atom. The van der Waals surface area contributed by atoms with E-state index in [9.17, 15) is 9.59 Å². The topological polar surface area (TPSA) is 103 Å². The highest BCUT2D eigenvalue weighted by Gasteiger charge is 2.49. The number of methoxy groups -OCH3 is 1. The molecule has 1 amide bonds. The summed E-state index contributed by atoms with van der Waals surface area (Å²) in [4.78, 5) is 25.8. The van der Waals surface area contributed by atoms with Crippen LogP contribution in [0.2, 0.25) is 0 Å². The maximum absolute atomic E-state index is 12.4. The summed E-state index contributed by atoms with van der Waals surface area (Å²) in [5, 5.41) is 17.9. The molecule has 0 aliphatic carbocycles. The van der Waals surface area contributed by atoms with E-state index in [1.165, 1.54) is 12.0 Å². The Labute approximate surface area is 130 Å². The minimum absolute atomic E-state index is 0.0780. The Balaban J connectivity index is 3.12. The van der Waals surface area contributed by atoms with Gasteiger partial charge in [-0.1, -0.05) is 0 Å². The molecule has 0 saturated carbocycles. The summed E-state index contributed by atoms with van der Waals surface area (Å²) in [7, 11) is 1.23. The van der Waals surface area contributed by atoms with Gasteiger partial charge in [0.1, 0.15) is 11.6 Å². The van der Waals surface area contributed by atoms with Crippen LogP contribution in [0.1, 0.15) is 40.0 Å². The molecule has 1 fully saturated rings. The molecule has 1 rings (SSSR count). The summed E-state index contributed by atoms with van der Waals surface area (Å²) in [5.74, 6) is -0.949. The third-order valence-electron chi connectivity index (χ3n) is 3.44. The van der Waals surface area contributed by atoms with E-state index in [1.54, 1.807) is 20.8 Å². The second kappa shape index (κ2) is 7.13. The molecule has 3 atom stereocenters. The normalized spacial score (nSPS) is 24.3. The average molecular weight is 307 g/mol. The lowest BCUT2D eigenvalue weighted by Crippen LogP contribution is -2.49. The van der Waals surface area contributed by atoms with Crippen LogP contribution in [-0.4, -0.2) is 41.8 Å². The van der Waals surface area contributed by atoms with Crippen molar-refractivity contribution < 1.29 is 19.1 Å². The Morgan fingerprint density at radius 3 is 2.27 bits per heavy atom. The van der Waals surface area contributed by atoms with Gasteiger partial charge in [0.25, 0.3) is 0 Å². The second-order valence-electron chi connectivity index (χ2n) is 6.23. The highest BCUT2D eigenvalue weighted by Crippen LogP contribution is 2.35. The number of ether oxygens (including phenoxy) is 2. The van der Waals surface area contributed by atoms with E-state index >= 15 is 0 Å². The van der Waals surface area contributed by atoms with Crippen LogP contribution in [-0.2, 0) is 14.3 Å². The highest BCUT2D eigenvalue weighted by molar-refractivity contribution is 5.83. The third kappa shape index (κ3) is 4.11. The van der Waals surface area contributed by atoms with Crippen molar-refractivity contribution in [2.45, 2.75) is 57.7 Å². The van der Waals surface area contributed by atoms with Crippen LogP contribution < -0.4 is 0 Å². The molecule has 1 heterocycles. The monoisotopic (exact) mass is 307 g/mol. The predicted octanol–water partition coefficient (Wildman–Crippen LogP) is 1.98. The molecule has 7 heteroatoms. The number of nitriles is 2. The number of hydrogen-bond acceptors (Lipinski definition) is 6. The summed E-state index contributed by atoms with van der Waals surface area (Å²) in [5.41, 5.74) is -0.720. The fraction of sp³-hybridized carbons (Fsp3) is 0.733. The molecule has 0 N–H and O–H groups in total. The van der Waals surface area contributed by atoms with E-state index in [2.05, 4.69) is 0 Å². The summed E-state index contributed by atoms with van der Waals surface area (Å²) < 4.78 is 10.1. The zero-order valence-corrected chi connectivity index (χ0v) is 13.3. The lowest BCUT2D eigenvalue weighted by atomic mass is 9.95. The van der Waals surface area contributed by atoms with Gasteiger partial charge in [0.05, 0.1) is 25.7 Å². The summed E-state index contributed by atoms with van der Waals surface area (Å²) in [6, 6.07) is 2.69. The molecule has 7 nitrogen and oxygen atoms in total. The number of likely N-dealkylation sites (tertiary alicyclic amines) is 1. The van der Waals surface area contributed by atoms with Gasteiger partial charge in [-0.25, -0.2) is 9.59 Å². The Kier molecular flexibility index (Phi) is 5.76. The molecule has 0 aromatic rings. The number of esters is 1. The Bertz CT molecular complexity index is 512. The van der Waals surface area contributed by atoms with Crippen LogP contribution >= 0.6 is 0 Å². The highest BCUT2D eigenvalue weighted by atomic mass is 16.6. The van der Waals surface area contributed by atoms with E-state index < -0.39 is 29.7 Å². The van der Waals surface area contributed by atoms with Gasteiger partial charge in [0, 0.05) is 18.4 Å². The molecule has 1 aliphatic heterocycles. The Morgan fingerprint density at radius 1 is 1.23 bits per heavy atom. The van der Waals surface area contributed by atoms with Crippen molar-refractivity contribution in [3.8, 4) is 12.1 Å². The zero-order valence-electron chi connectivity index (χ0n) is 13.3. The first-order valence-corrected chi connectivity index (χ1v) is 7.08. The van der Waals surface area contributed by atoms with Crippen molar-refractivity contribution >= 4 is 12.1 Å². The number of nitrogens with zero attached hydrogens (tertiary/aromatic N) is 3. The van der Waals surface area contributed by atoms with Crippen LogP contribution in [0.15, 0.2) is 0 Å². The van der Waals surface area contributed by atoms with Crippen molar-refractivity contribution in [1.82, 2.24) is 4.90 Å². The van der Waals surface area contributed by atoms with E-state index in [4.69, 9.17) is 20.0 Å². The molecule has 0 aromatic carbocycles. The van der Waals surface area contributed by atoms with Gasteiger partial charge in [-0.05, 0) is 27.2 Å². The van der Waals surface area contributed by atoms with E-state index in [0.29, 0.717) is 6.42 Å². The van der Waals surface area contributed by atoms with E-state index in [1.807, 2.05) is 12.1 Å². The van der Waals surface area contributed by atoms with Crippen LogP contribution in [0.5, 0.6) is 0 Å². The minimum atomic E-state index is -0.891. The van der Waals surface area contributed by atoms with Crippen LogP contribution in [0.3, 0.4) is 0 Å². The Hall–Kier alpha value is -2.28. The largest absolute Gasteiger partial charge is 0.467 e. The fourth-order valence-electron chi connectivity index (χ4n) is 2.65. The number of hydrogen-bond donors (Lipinski definition) is 0. The van der Waals surface area contributed by atoms with Gasteiger partial charge >= 0.3 is 12.1 Å². The van der Waals surface area contributed by atoms with Crippen molar-refractivity contribution in [3.05, 3.63) is 0 Å². The lowest BCUT2D eigenvalue weighted by molar-refractivity contribution is -0.147. The first-order valence-electron chi connectivity index (χ1n) is 7.08. The number of carbonyl (C=O) groups excluding carboxylic acids is 2. The van der Waals surface area contributed by atoms with Crippen molar-refractivity contribution in [2.24, 2.45) is 5.92 Å². The quantitative estimate of drug-likeness (QED) is 0.738. The van der Waals surface area contributed by atoms with Crippen molar-refractivity contribution in [3.63, 3.8) is 0 Å². The summed E-state index contributed by atoms with van der Waals surface area (Å²) in [6.45, 7) is 5.17. The molecule has 0 spiro atoms. The molecule has 1 aliphatic rings. The number of rotatable bonds is 3. The van der Waals surface area contributed by atoms with Gasteiger partial charge < -0.3 is 9.47 Å². The minimum Gasteiger partial charge on any atom is -0.467 e.